The van der Waals surface area contributed by atoms with Gasteiger partial charge >= 0.3 is 5.69 Å². The summed E-state index contributed by atoms with van der Waals surface area (Å²) >= 11 is 1.02. The number of nitrogens with zero attached hydrogens (tertiary/aromatic N) is 3. The maximum Gasteiger partial charge on any atom is 0.319 e. The van der Waals surface area contributed by atoms with E-state index in [9.17, 15) is 15.2 Å². The molecule has 0 saturated carbocycles. The number of rotatable bonds is 3. The highest BCUT2D eigenvalue weighted by atomic mass is 32.2. The van der Waals surface area contributed by atoms with Crippen molar-refractivity contribution in [2.75, 3.05) is 0 Å². The van der Waals surface area contributed by atoms with Crippen molar-refractivity contribution in [3.8, 4) is 11.8 Å². The predicted molar refractivity (Wildman–Crippen MR) is 67.8 cm³/mol. The molecule has 0 spiro atoms. The number of pyridine rings is 1. The zero-order valence-electron chi connectivity index (χ0n) is 9.48. The van der Waals surface area contributed by atoms with Gasteiger partial charge < -0.3 is 5.11 Å². The third-order valence-corrected chi connectivity index (χ3v) is 3.21. The summed E-state index contributed by atoms with van der Waals surface area (Å²) in [4.78, 5) is 14.9. The van der Waals surface area contributed by atoms with Crippen molar-refractivity contribution in [1.82, 2.24) is 4.98 Å². The Morgan fingerprint density at radius 3 is 2.84 bits per heavy atom. The third-order valence-electron chi connectivity index (χ3n) is 2.23. The van der Waals surface area contributed by atoms with Crippen molar-refractivity contribution in [2.45, 2.75) is 9.92 Å². The molecule has 0 bridgehead atoms. The molecule has 1 aromatic carbocycles. The first-order chi connectivity index (χ1) is 9.11. The second-order valence-corrected chi connectivity index (χ2v) is 4.54. The summed E-state index contributed by atoms with van der Waals surface area (Å²) in [6.45, 7) is 0. The van der Waals surface area contributed by atoms with Crippen LogP contribution in [-0.4, -0.2) is 15.0 Å². The van der Waals surface area contributed by atoms with Gasteiger partial charge in [0.25, 0.3) is 0 Å². The third kappa shape index (κ3) is 2.81. The molecule has 6 nitrogen and oxygen atoms in total. The maximum atomic E-state index is 11.0. The van der Waals surface area contributed by atoms with Crippen LogP contribution in [0.15, 0.2) is 46.5 Å². The Bertz CT molecular complexity index is 682. The minimum atomic E-state index is -0.628. The summed E-state index contributed by atoms with van der Waals surface area (Å²) in [6.07, 6.45) is 1.34. The van der Waals surface area contributed by atoms with Gasteiger partial charge in [-0.25, -0.2) is 4.98 Å². The molecule has 0 amide bonds. The number of aromatic hydroxyl groups is 1. The second-order valence-electron chi connectivity index (χ2n) is 3.48. The summed E-state index contributed by atoms with van der Waals surface area (Å²) < 4.78 is 0. The van der Waals surface area contributed by atoms with Crippen LogP contribution < -0.4 is 0 Å². The minimum absolute atomic E-state index is 0.0392. The van der Waals surface area contributed by atoms with Crippen LogP contribution in [0.1, 0.15) is 5.56 Å². The van der Waals surface area contributed by atoms with Crippen LogP contribution in [0.2, 0.25) is 0 Å². The van der Waals surface area contributed by atoms with Gasteiger partial charge in [0, 0.05) is 11.1 Å². The number of phenols is 1. The minimum Gasteiger partial charge on any atom is -0.508 e. The molecule has 0 fully saturated rings. The lowest BCUT2D eigenvalue weighted by Crippen LogP contribution is -1.96. The Hall–Kier alpha value is -2.59. The molecule has 0 aliphatic heterocycles. The normalized spacial score (nSPS) is 9.84. The number of aromatic nitrogens is 1. The molecule has 0 aliphatic rings. The Kier molecular flexibility index (Phi) is 3.63. The van der Waals surface area contributed by atoms with Gasteiger partial charge in [0.2, 0.25) is 0 Å². The van der Waals surface area contributed by atoms with E-state index in [-0.39, 0.29) is 22.0 Å². The predicted octanol–water partition coefficient (Wildman–Crippen LogP) is 2.72. The zero-order valence-corrected chi connectivity index (χ0v) is 10.3. The highest BCUT2D eigenvalue weighted by molar-refractivity contribution is 7.99. The Morgan fingerprint density at radius 2 is 2.21 bits per heavy atom. The molecule has 19 heavy (non-hydrogen) atoms. The lowest BCUT2D eigenvalue weighted by molar-refractivity contribution is -0.388. The van der Waals surface area contributed by atoms with Gasteiger partial charge in [-0.2, -0.15) is 5.26 Å². The first kappa shape index (κ1) is 12.9. The van der Waals surface area contributed by atoms with Gasteiger partial charge in [-0.3, -0.25) is 10.1 Å². The van der Waals surface area contributed by atoms with Gasteiger partial charge in [-0.15, -0.1) is 0 Å². The van der Waals surface area contributed by atoms with Crippen LogP contribution in [0.4, 0.5) is 5.69 Å². The molecule has 0 saturated heterocycles. The summed E-state index contributed by atoms with van der Waals surface area (Å²) in [5, 5.41) is 29.4. The van der Waals surface area contributed by atoms with Crippen LogP contribution >= 0.6 is 11.8 Å². The molecule has 1 aromatic heterocycles. The summed E-state index contributed by atoms with van der Waals surface area (Å²) in [6, 6.07) is 9.34. The number of nitro groups is 1. The van der Waals surface area contributed by atoms with Crippen LogP contribution in [0.3, 0.4) is 0 Å². The largest absolute Gasteiger partial charge is 0.508 e. The lowest BCUT2D eigenvalue weighted by atomic mass is 10.2. The van der Waals surface area contributed by atoms with E-state index < -0.39 is 4.92 Å². The SMILES string of the molecule is N#Cc1ccnc(Sc2cccc(O)c2)c1[N+](=O)[O-]. The smallest absolute Gasteiger partial charge is 0.319 e. The monoisotopic (exact) mass is 273 g/mol. The highest BCUT2D eigenvalue weighted by Gasteiger charge is 2.21. The molecule has 1 heterocycles. The second kappa shape index (κ2) is 5.37. The van der Waals surface area contributed by atoms with Crippen molar-refractivity contribution in [2.24, 2.45) is 0 Å². The Morgan fingerprint density at radius 1 is 1.42 bits per heavy atom. The van der Waals surface area contributed by atoms with Crippen LogP contribution in [0.25, 0.3) is 0 Å². The van der Waals surface area contributed by atoms with Crippen molar-refractivity contribution in [3.05, 3.63) is 52.2 Å². The summed E-state index contributed by atoms with van der Waals surface area (Å²) in [7, 11) is 0. The molecular formula is C12H7N3O3S. The van der Waals surface area contributed by atoms with Crippen molar-refractivity contribution < 1.29 is 10.0 Å². The highest BCUT2D eigenvalue weighted by Crippen LogP contribution is 2.35. The molecule has 0 radical (unpaired) electrons. The van der Waals surface area contributed by atoms with Crippen molar-refractivity contribution in [3.63, 3.8) is 0 Å². The molecule has 2 aromatic rings. The number of benzene rings is 1. The Balaban J connectivity index is 2.46. The van der Waals surface area contributed by atoms with E-state index in [1.165, 1.54) is 24.4 Å². The van der Waals surface area contributed by atoms with Gasteiger partial charge in [-0.05, 0) is 24.3 Å². The lowest BCUT2D eigenvalue weighted by Gasteiger charge is -2.03. The van der Waals surface area contributed by atoms with E-state index in [4.69, 9.17) is 5.26 Å². The number of hydrogen-bond donors (Lipinski definition) is 1. The van der Waals surface area contributed by atoms with Crippen LogP contribution in [-0.2, 0) is 0 Å². The molecule has 7 heteroatoms. The van der Waals surface area contributed by atoms with Gasteiger partial charge in [0.05, 0.1) is 4.92 Å². The molecule has 94 valence electrons. The van der Waals surface area contributed by atoms with Crippen molar-refractivity contribution in [1.29, 1.82) is 5.26 Å². The van der Waals surface area contributed by atoms with E-state index in [1.54, 1.807) is 18.2 Å². The average Bonchev–Trinajstić information content (AvgIpc) is 2.38. The fraction of sp³-hybridized carbons (Fsp3) is 0. The maximum absolute atomic E-state index is 11.0. The molecule has 0 unspecified atom stereocenters. The van der Waals surface area contributed by atoms with E-state index in [0.29, 0.717) is 4.90 Å². The standard InChI is InChI=1S/C12H7N3O3S/c13-7-8-4-5-14-12(11(8)15(17)18)19-10-3-1-2-9(16)6-10/h1-6,16H. The Labute approximate surface area is 112 Å². The number of phenolic OH excluding ortho intramolecular Hbond substituents is 1. The van der Waals surface area contributed by atoms with Gasteiger partial charge in [0.1, 0.15) is 17.4 Å². The van der Waals surface area contributed by atoms with Crippen LogP contribution in [0.5, 0.6) is 5.75 Å². The quantitative estimate of drug-likeness (QED) is 0.681. The zero-order chi connectivity index (χ0) is 13.8. The molecule has 2 rings (SSSR count). The fourth-order valence-corrected chi connectivity index (χ4v) is 2.38. The number of hydrogen-bond acceptors (Lipinski definition) is 6. The van der Waals surface area contributed by atoms with Crippen LogP contribution in [0, 0.1) is 21.4 Å². The van der Waals surface area contributed by atoms with E-state index in [1.807, 2.05) is 0 Å². The van der Waals surface area contributed by atoms with Crippen molar-refractivity contribution >= 4 is 17.4 Å². The van der Waals surface area contributed by atoms with E-state index in [0.717, 1.165) is 11.8 Å². The summed E-state index contributed by atoms with van der Waals surface area (Å²) in [5.41, 5.74) is -0.360. The molecule has 0 aliphatic carbocycles. The molecule has 0 atom stereocenters. The van der Waals surface area contributed by atoms with Gasteiger partial charge in [-0.1, -0.05) is 17.8 Å². The topological polar surface area (TPSA) is 100 Å². The summed E-state index contributed by atoms with van der Waals surface area (Å²) in [5.74, 6) is 0.0593. The number of nitriles is 1. The molecule has 1 N–H and O–H groups in total. The van der Waals surface area contributed by atoms with E-state index in [2.05, 4.69) is 4.98 Å². The van der Waals surface area contributed by atoms with Gasteiger partial charge in [0.15, 0.2) is 5.03 Å². The first-order valence-electron chi connectivity index (χ1n) is 5.12. The van der Waals surface area contributed by atoms with E-state index >= 15 is 0 Å². The first-order valence-corrected chi connectivity index (χ1v) is 5.94. The molecular weight excluding hydrogens is 266 g/mol. The fourth-order valence-electron chi connectivity index (χ4n) is 1.43. The average molecular weight is 273 g/mol.